The summed E-state index contributed by atoms with van der Waals surface area (Å²) in [4.78, 5) is 11.5. The molecule has 1 aliphatic carbocycles. The highest BCUT2D eigenvalue weighted by Crippen LogP contribution is 2.47. The molecule has 3 heteroatoms. The largest absolute Gasteiger partial charge is 0.352 e. The van der Waals surface area contributed by atoms with Crippen LogP contribution in [-0.4, -0.2) is 23.5 Å². The zero-order valence-electron chi connectivity index (χ0n) is 8.14. The zero-order chi connectivity index (χ0) is 9.31. The van der Waals surface area contributed by atoms with E-state index >= 15 is 0 Å². The quantitative estimate of drug-likeness (QED) is 0.751. The van der Waals surface area contributed by atoms with Crippen molar-refractivity contribution in [1.29, 1.82) is 0 Å². The van der Waals surface area contributed by atoms with Crippen molar-refractivity contribution in [1.82, 2.24) is 5.32 Å². The van der Waals surface area contributed by atoms with E-state index in [1.165, 1.54) is 18.6 Å². The van der Waals surface area contributed by atoms with Gasteiger partial charge >= 0.3 is 0 Å². The zero-order valence-corrected chi connectivity index (χ0v) is 8.95. The second kappa shape index (κ2) is 3.52. The van der Waals surface area contributed by atoms with Gasteiger partial charge in [-0.2, -0.15) is 11.8 Å². The lowest BCUT2D eigenvalue weighted by molar-refractivity contribution is -0.122. The maximum atomic E-state index is 11.5. The summed E-state index contributed by atoms with van der Waals surface area (Å²) in [6.45, 7) is 2.20. The third kappa shape index (κ3) is 2.63. The van der Waals surface area contributed by atoms with Gasteiger partial charge in [0.05, 0.1) is 0 Å². The Morgan fingerprint density at radius 3 is 2.92 bits per heavy atom. The molecule has 1 N–H and O–H groups in total. The van der Waals surface area contributed by atoms with Crippen LogP contribution < -0.4 is 5.32 Å². The van der Waals surface area contributed by atoms with Crippen LogP contribution in [0.25, 0.3) is 0 Å². The predicted molar refractivity (Wildman–Crippen MR) is 55.8 cm³/mol. The maximum Gasteiger partial charge on any atom is 0.220 e. The Labute approximate surface area is 83.8 Å². The third-order valence-corrected chi connectivity index (χ3v) is 4.15. The van der Waals surface area contributed by atoms with Crippen LogP contribution in [0, 0.1) is 5.41 Å². The number of hydrogen-bond donors (Lipinski definition) is 1. The SMILES string of the molecule is CC1(CC(=O)NC2CCSC2)CC1. The van der Waals surface area contributed by atoms with E-state index in [0.717, 1.165) is 18.6 Å². The molecule has 1 saturated heterocycles. The molecule has 0 radical (unpaired) electrons. The highest BCUT2D eigenvalue weighted by molar-refractivity contribution is 7.99. The smallest absolute Gasteiger partial charge is 0.220 e. The summed E-state index contributed by atoms with van der Waals surface area (Å²) >= 11 is 1.94. The Bertz CT molecular complexity index is 207. The highest BCUT2D eigenvalue weighted by atomic mass is 32.2. The molecule has 2 aliphatic rings. The number of carbonyl (C=O) groups is 1. The number of rotatable bonds is 3. The molecule has 13 heavy (non-hydrogen) atoms. The van der Waals surface area contributed by atoms with Gasteiger partial charge in [0, 0.05) is 18.2 Å². The molecule has 1 atom stereocenters. The summed E-state index contributed by atoms with van der Waals surface area (Å²) in [6, 6.07) is 0.458. The summed E-state index contributed by atoms with van der Waals surface area (Å²) in [5.74, 6) is 2.59. The van der Waals surface area contributed by atoms with Gasteiger partial charge in [-0.25, -0.2) is 0 Å². The molecule has 2 rings (SSSR count). The first-order valence-corrected chi connectivity index (χ1v) is 6.21. The Kier molecular flexibility index (Phi) is 2.54. The predicted octanol–water partition coefficient (Wildman–Crippen LogP) is 1.80. The van der Waals surface area contributed by atoms with E-state index in [0.29, 0.717) is 11.5 Å². The first-order valence-electron chi connectivity index (χ1n) is 5.05. The van der Waals surface area contributed by atoms with E-state index in [2.05, 4.69) is 12.2 Å². The average molecular weight is 199 g/mol. The molecule has 1 saturated carbocycles. The van der Waals surface area contributed by atoms with Crippen LogP contribution in [0.4, 0.5) is 0 Å². The molecule has 1 aliphatic heterocycles. The lowest BCUT2D eigenvalue weighted by Crippen LogP contribution is -2.35. The van der Waals surface area contributed by atoms with Crippen LogP contribution in [0.2, 0.25) is 0 Å². The second-order valence-corrected chi connectivity index (χ2v) is 5.77. The molecule has 0 aromatic rings. The normalized spacial score (nSPS) is 30.1. The van der Waals surface area contributed by atoms with Gasteiger partial charge in [-0.05, 0) is 30.4 Å². The summed E-state index contributed by atoms with van der Waals surface area (Å²) in [6.07, 6.45) is 4.38. The first kappa shape index (κ1) is 9.38. The van der Waals surface area contributed by atoms with Crippen molar-refractivity contribution in [2.75, 3.05) is 11.5 Å². The molecule has 1 heterocycles. The van der Waals surface area contributed by atoms with Crippen LogP contribution in [0.3, 0.4) is 0 Å². The minimum atomic E-state index is 0.271. The third-order valence-electron chi connectivity index (χ3n) is 2.99. The number of thioether (sulfide) groups is 1. The van der Waals surface area contributed by atoms with Crippen molar-refractivity contribution in [2.24, 2.45) is 5.41 Å². The molecule has 1 amide bonds. The minimum absolute atomic E-state index is 0.271. The van der Waals surface area contributed by atoms with Gasteiger partial charge in [-0.3, -0.25) is 4.79 Å². The molecule has 1 unspecified atom stereocenters. The molecule has 2 fully saturated rings. The Morgan fingerprint density at radius 1 is 1.62 bits per heavy atom. The monoisotopic (exact) mass is 199 g/mol. The fraction of sp³-hybridized carbons (Fsp3) is 0.900. The van der Waals surface area contributed by atoms with E-state index in [1.54, 1.807) is 0 Å². The number of nitrogens with one attached hydrogen (secondary N) is 1. The van der Waals surface area contributed by atoms with Gasteiger partial charge in [0.2, 0.25) is 5.91 Å². The number of carbonyl (C=O) groups excluding carboxylic acids is 1. The van der Waals surface area contributed by atoms with E-state index in [9.17, 15) is 4.79 Å². The standard InChI is InChI=1S/C10H17NOS/c1-10(3-4-10)6-9(12)11-8-2-5-13-7-8/h8H,2-7H2,1H3,(H,11,12). The van der Waals surface area contributed by atoms with E-state index in [4.69, 9.17) is 0 Å². The number of amides is 1. The molecule has 0 aromatic heterocycles. The number of hydrogen-bond acceptors (Lipinski definition) is 2. The van der Waals surface area contributed by atoms with Gasteiger partial charge < -0.3 is 5.32 Å². The van der Waals surface area contributed by atoms with Gasteiger partial charge in [0.25, 0.3) is 0 Å². The average Bonchev–Trinajstić information content (AvgIpc) is 2.61. The van der Waals surface area contributed by atoms with Crippen LogP contribution in [0.5, 0.6) is 0 Å². The molecule has 0 bridgehead atoms. The van der Waals surface area contributed by atoms with Gasteiger partial charge in [-0.1, -0.05) is 6.92 Å². The lowest BCUT2D eigenvalue weighted by Gasteiger charge is -2.13. The molecular formula is C10H17NOS. The van der Waals surface area contributed by atoms with E-state index in [1.807, 2.05) is 11.8 Å². The van der Waals surface area contributed by atoms with Crippen molar-refractivity contribution >= 4 is 17.7 Å². The molecule has 2 nitrogen and oxygen atoms in total. The van der Waals surface area contributed by atoms with Crippen LogP contribution in [-0.2, 0) is 4.79 Å². The lowest BCUT2D eigenvalue weighted by atomic mass is 10.1. The van der Waals surface area contributed by atoms with Crippen LogP contribution >= 0.6 is 11.8 Å². The molecule has 74 valence electrons. The van der Waals surface area contributed by atoms with E-state index < -0.39 is 0 Å². The second-order valence-electron chi connectivity index (χ2n) is 4.62. The van der Waals surface area contributed by atoms with Crippen molar-refractivity contribution in [3.63, 3.8) is 0 Å². The summed E-state index contributed by atoms with van der Waals surface area (Å²) < 4.78 is 0. The summed E-state index contributed by atoms with van der Waals surface area (Å²) in [5, 5.41) is 3.12. The van der Waals surface area contributed by atoms with Crippen molar-refractivity contribution in [3.8, 4) is 0 Å². The molecular weight excluding hydrogens is 182 g/mol. The van der Waals surface area contributed by atoms with E-state index in [-0.39, 0.29) is 5.91 Å². The van der Waals surface area contributed by atoms with Gasteiger partial charge in [0.1, 0.15) is 0 Å². The fourth-order valence-corrected chi connectivity index (χ4v) is 2.86. The fourth-order valence-electron chi connectivity index (χ4n) is 1.70. The Morgan fingerprint density at radius 2 is 2.38 bits per heavy atom. The molecule has 0 spiro atoms. The topological polar surface area (TPSA) is 29.1 Å². The van der Waals surface area contributed by atoms with Gasteiger partial charge in [-0.15, -0.1) is 0 Å². The van der Waals surface area contributed by atoms with Crippen LogP contribution in [0.15, 0.2) is 0 Å². The van der Waals surface area contributed by atoms with Crippen molar-refractivity contribution < 1.29 is 4.79 Å². The van der Waals surface area contributed by atoms with Crippen molar-refractivity contribution in [3.05, 3.63) is 0 Å². The van der Waals surface area contributed by atoms with Gasteiger partial charge in [0.15, 0.2) is 0 Å². The molecule has 0 aromatic carbocycles. The van der Waals surface area contributed by atoms with Crippen LogP contribution in [0.1, 0.15) is 32.6 Å². The van der Waals surface area contributed by atoms with Crippen molar-refractivity contribution in [2.45, 2.75) is 38.6 Å². The Balaban J connectivity index is 1.71. The minimum Gasteiger partial charge on any atom is -0.352 e. The Hall–Kier alpha value is -0.180. The maximum absolute atomic E-state index is 11.5. The summed E-state index contributed by atoms with van der Waals surface area (Å²) in [5.41, 5.74) is 0.357. The highest BCUT2D eigenvalue weighted by Gasteiger charge is 2.39. The first-order chi connectivity index (χ1) is 6.18. The summed E-state index contributed by atoms with van der Waals surface area (Å²) in [7, 11) is 0.